The predicted octanol–water partition coefficient (Wildman–Crippen LogP) is 1.58. The molecule has 1 heterocycles. The molecular weight excluding hydrogens is 300 g/mol. The molecule has 20 heavy (non-hydrogen) atoms. The minimum atomic E-state index is -3.47. The lowest BCUT2D eigenvalue weighted by Gasteiger charge is -2.17. The van der Waals surface area contributed by atoms with Gasteiger partial charge >= 0.3 is 0 Å². The van der Waals surface area contributed by atoms with Crippen LogP contribution in [0.1, 0.15) is 6.42 Å². The maximum atomic E-state index is 12.5. The second-order valence-corrected chi connectivity index (χ2v) is 7.22. The van der Waals surface area contributed by atoms with Crippen LogP contribution in [-0.4, -0.2) is 46.5 Å². The second-order valence-electron chi connectivity index (χ2n) is 4.87. The summed E-state index contributed by atoms with van der Waals surface area (Å²) in [5, 5.41) is 3.39. The fourth-order valence-electron chi connectivity index (χ4n) is 2.43. The highest BCUT2D eigenvalue weighted by molar-refractivity contribution is 7.89. The first kappa shape index (κ1) is 15.6. The first-order valence-electron chi connectivity index (χ1n) is 6.47. The minimum absolute atomic E-state index is 0.216. The van der Waals surface area contributed by atoms with Gasteiger partial charge in [0.15, 0.2) is 0 Å². The SMILES string of the molecule is CNC[C@@H]1CCN(S(=O)(=O)c2ccc(OC)c(Cl)c2)C1. The Morgan fingerprint density at radius 1 is 1.50 bits per heavy atom. The molecule has 0 aromatic heterocycles. The molecule has 0 bridgehead atoms. The molecule has 1 aliphatic heterocycles. The number of hydrogen-bond donors (Lipinski definition) is 1. The quantitative estimate of drug-likeness (QED) is 0.895. The molecular formula is C13H19ClN2O3S. The zero-order valence-corrected chi connectivity index (χ0v) is 13.2. The summed E-state index contributed by atoms with van der Waals surface area (Å²) in [5.41, 5.74) is 0. The van der Waals surface area contributed by atoms with Gasteiger partial charge in [0.1, 0.15) is 5.75 Å². The summed E-state index contributed by atoms with van der Waals surface area (Å²) < 4.78 is 31.6. The van der Waals surface area contributed by atoms with Gasteiger partial charge in [0.2, 0.25) is 10.0 Å². The van der Waals surface area contributed by atoms with Crippen LogP contribution in [-0.2, 0) is 10.0 Å². The third kappa shape index (κ3) is 3.09. The molecule has 0 radical (unpaired) electrons. The van der Waals surface area contributed by atoms with Gasteiger partial charge in [0.25, 0.3) is 0 Å². The van der Waals surface area contributed by atoms with E-state index >= 15 is 0 Å². The molecule has 0 unspecified atom stereocenters. The lowest BCUT2D eigenvalue weighted by Crippen LogP contribution is -2.30. The Hall–Kier alpha value is -0.820. The summed E-state index contributed by atoms with van der Waals surface area (Å²) in [6.45, 7) is 1.93. The van der Waals surface area contributed by atoms with E-state index in [1.54, 1.807) is 6.07 Å². The number of nitrogens with zero attached hydrogens (tertiary/aromatic N) is 1. The summed E-state index contributed by atoms with van der Waals surface area (Å²) >= 11 is 6.00. The van der Waals surface area contributed by atoms with Crippen LogP contribution in [0.25, 0.3) is 0 Å². The van der Waals surface area contributed by atoms with Crippen molar-refractivity contribution in [2.75, 3.05) is 33.8 Å². The van der Waals surface area contributed by atoms with Gasteiger partial charge in [-0.15, -0.1) is 0 Å². The Labute approximate surface area is 124 Å². The van der Waals surface area contributed by atoms with Gasteiger partial charge in [-0.05, 0) is 44.1 Å². The van der Waals surface area contributed by atoms with Gasteiger partial charge in [0, 0.05) is 13.1 Å². The number of hydrogen-bond acceptors (Lipinski definition) is 4. The molecule has 1 atom stereocenters. The number of ether oxygens (including phenoxy) is 1. The Bertz CT molecular complexity index is 577. The van der Waals surface area contributed by atoms with Gasteiger partial charge < -0.3 is 10.1 Å². The van der Waals surface area contributed by atoms with Crippen molar-refractivity contribution in [3.63, 3.8) is 0 Å². The summed E-state index contributed by atoms with van der Waals surface area (Å²) in [6.07, 6.45) is 0.879. The van der Waals surface area contributed by atoms with Crippen LogP contribution in [0.5, 0.6) is 5.75 Å². The number of sulfonamides is 1. The molecule has 0 spiro atoms. The van der Waals surface area contributed by atoms with Gasteiger partial charge in [-0.2, -0.15) is 4.31 Å². The molecule has 1 aliphatic rings. The van der Waals surface area contributed by atoms with E-state index in [1.165, 1.54) is 23.5 Å². The van der Waals surface area contributed by atoms with Crippen molar-refractivity contribution in [3.8, 4) is 5.75 Å². The Kier molecular flexibility index (Phi) is 4.90. The van der Waals surface area contributed by atoms with E-state index in [-0.39, 0.29) is 4.90 Å². The molecule has 1 N–H and O–H groups in total. The molecule has 0 saturated carbocycles. The third-order valence-electron chi connectivity index (χ3n) is 3.50. The van der Waals surface area contributed by atoms with E-state index in [0.29, 0.717) is 29.8 Å². The van der Waals surface area contributed by atoms with E-state index < -0.39 is 10.0 Å². The maximum Gasteiger partial charge on any atom is 0.243 e. The van der Waals surface area contributed by atoms with Gasteiger partial charge in [-0.1, -0.05) is 11.6 Å². The summed E-state index contributed by atoms with van der Waals surface area (Å²) in [5.74, 6) is 0.837. The highest BCUT2D eigenvalue weighted by atomic mass is 35.5. The first-order valence-corrected chi connectivity index (χ1v) is 8.29. The molecule has 1 saturated heterocycles. The average molecular weight is 319 g/mol. The van der Waals surface area contributed by atoms with Crippen molar-refractivity contribution < 1.29 is 13.2 Å². The lowest BCUT2D eigenvalue weighted by atomic mass is 10.1. The predicted molar refractivity (Wildman–Crippen MR) is 78.8 cm³/mol. The number of rotatable bonds is 5. The smallest absolute Gasteiger partial charge is 0.243 e. The number of benzene rings is 1. The molecule has 1 aromatic carbocycles. The average Bonchev–Trinajstić information content (AvgIpc) is 2.88. The summed E-state index contributed by atoms with van der Waals surface area (Å²) in [6, 6.07) is 4.56. The van der Waals surface area contributed by atoms with E-state index in [0.717, 1.165) is 13.0 Å². The minimum Gasteiger partial charge on any atom is -0.495 e. The van der Waals surface area contributed by atoms with Crippen LogP contribution in [0.3, 0.4) is 0 Å². The van der Waals surface area contributed by atoms with Crippen LogP contribution in [0.2, 0.25) is 5.02 Å². The molecule has 112 valence electrons. The van der Waals surface area contributed by atoms with E-state index in [4.69, 9.17) is 16.3 Å². The number of halogens is 1. The third-order valence-corrected chi connectivity index (χ3v) is 5.66. The summed E-state index contributed by atoms with van der Waals surface area (Å²) in [7, 11) is -0.0982. The monoisotopic (exact) mass is 318 g/mol. The van der Waals surface area contributed by atoms with Crippen LogP contribution < -0.4 is 10.1 Å². The molecule has 1 fully saturated rings. The van der Waals surface area contributed by atoms with Crippen molar-refractivity contribution in [3.05, 3.63) is 23.2 Å². The van der Waals surface area contributed by atoms with Crippen molar-refractivity contribution in [1.82, 2.24) is 9.62 Å². The topological polar surface area (TPSA) is 58.6 Å². The number of nitrogens with one attached hydrogen (secondary N) is 1. The molecule has 1 aromatic rings. The van der Waals surface area contributed by atoms with E-state index in [2.05, 4.69) is 5.32 Å². The normalized spacial score (nSPS) is 20.2. The Morgan fingerprint density at radius 3 is 2.85 bits per heavy atom. The molecule has 7 heteroatoms. The maximum absolute atomic E-state index is 12.5. The zero-order chi connectivity index (χ0) is 14.8. The van der Waals surface area contributed by atoms with Gasteiger partial charge in [-0.25, -0.2) is 8.42 Å². The number of methoxy groups -OCH3 is 1. The highest BCUT2D eigenvalue weighted by Crippen LogP contribution is 2.30. The van der Waals surface area contributed by atoms with Crippen LogP contribution in [0, 0.1) is 5.92 Å². The Morgan fingerprint density at radius 2 is 2.25 bits per heavy atom. The standard InChI is InChI=1S/C13H19ClN2O3S/c1-15-8-10-5-6-16(9-10)20(17,18)11-3-4-13(19-2)12(14)7-11/h3-4,7,10,15H,5-6,8-9H2,1-2H3/t10-/m0/s1. The van der Waals surface area contributed by atoms with Crippen molar-refractivity contribution in [1.29, 1.82) is 0 Å². The largest absolute Gasteiger partial charge is 0.495 e. The lowest BCUT2D eigenvalue weighted by molar-refractivity contribution is 0.414. The van der Waals surface area contributed by atoms with E-state index in [9.17, 15) is 8.42 Å². The second kappa shape index (κ2) is 6.30. The molecule has 2 rings (SSSR count). The Balaban J connectivity index is 2.21. The van der Waals surface area contributed by atoms with Crippen molar-refractivity contribution in [2.24, 2.45) is 5.92 Å². The fourth-order valence-corrected chi connectivity index (χ4v) is 4.31. The van der Waals surface area contributed by atoms with Crippen LogP contribution in [0.4, 0.5) is 0 Å². The molecule has 0 amide bonds. The van der Waals surface area contributed by atoms with Crippen molar-refractivity contribution >= 4 is 21.6 Å². The van der Waals surface area contributed by atoms with Gasteiger partial charge in [0.05, 0.1) is 17.0 Å². The zero-order valence-electron chi connectivity index (χ0n) is 11.6. The van der Waals surface area contributed by atoms with Crippen LogP contribution in [0.15, 0.2) is 23.1 Å². The van der Waals surface area contributed by atoms with Crippen molar-refractivity contribution in [2.45, 2.75) is 11.3 Å². The first-order chi connectivity index (χ1) is 9.48. The van der Waals surface area contributed by atoms with Gasteiger partial charge in [-0.3, -0.25) is 0 Å². The summed E-state index contributed by atoms with van der Waals surface area (Å²) in [4.78, 5) is 0.216. The van der Waals surface area contributed by atoms with Crippen LogP contribution >= 0.6 is 11.6 Å². The van der Waals surface area contributed by atoms with E-state index in [1.807, 2.05) is 7.05 Å². The fraction of sp³-hybridized carbons (Fsp3) is 0.538. The highest BCUT2D eigenvalue weighted by Gasteiger charge is 2.32. The molecule has 0 aliphatic carbocycles. The molecule has 5 nitrogen and oxygen atoms in total.